The summed E-state index contributed by atoms with van der Waals surface area (Å²) in [6.45, 7) is 4.69. The second-order valence-corrected chi connectivity index (χ2v) is 4.31. The Bertz CT molecular complexity index is 512. The van der Waals surface area contributed by atoms with Crippen LogP contribution in [0, 0.1) is 0 Å². The molecule has 0 saturated heterocycles. The topological polar surface area (TPSA) is 115 Å². The number of hydrogen-bond donors (Lipinski definition) is 3. The molecule has 0 radical (unpaired) electrons. The van der Waals surface area contributed by atoms with Crippen molar-refractivity contribution in [2.45, 2.75) is 26.2 Å². The zero-order chi connectivity index (χ0) is 13.7. The summed E-state index contributed by atoms with van der Waals surface area (Å²) in [6, 6.07) is 1.75. The van der Waals surface area contributed by atoms with Crippen molar-refractivity contribution >= 4 is 11.6 Å². The Balaban J connectivity index is 2.00. The standard InChI is InChI=1S/C11H17N7O/c1-7(2)11-16-8(5-9(17-11)18-12)13-4-3-10-14-6-15-19-10/h5-7H,3-4,12H2,1-2H3,(H2,13,16,17,18). The number of nitrogen functional groups attached to an aromatic ring is 1. The Hall–Kier alpha value is -2.22. The number of nitrogens with two attached hydrogens (primary N) is 1. The van der Waals surface area contributed by atoms with Gasteiger partial charge in [0.1, 0.15) is 17.5 Å². The van der Waals surface area contributed by atoms with Crippen molar-refractivity contribution in [2.24, 2.45) is 5.84 Å². The van der Waals surface area contributed by atoms with E-state index in [1.165, 1.54) is 6.33 Å². The molecule has 0 fully saturated rings. The smallest absolute Gasteiger partial charge is 0.228 e. The van der Waals surface area contributed by atoms with Gasteiger partial charge >= 0.3 is 0 Å². The third kappa shape index (κ3) is 3.62. The van der Waals surface area contributed by atoms with Crippen LogP contribution in [-0.4, -0.2) is 26.7 Å². The minimum absolute atomic E-state index is 0.227. The highest BCUT2D eigenvalue weighted by atomic mass is 16.5. The van der Waals surface area contributed by atoms with E-state index >= 15 is 0 Å². The Morgan fingerprint density at radius 1 is 1.32 bits per heavy atom. The molecule has 4 N–H and O–H groups in total. The number of nitrogens with zero attached hydrogens (tertiary/aromatic N) is 4. The summed E-state index contributed by atoms with van der Waals surface area (Å²) in [5, 5.41) is 6.72. The van der Waals surface area contributed by atoms with Gasteiger partial charge in [0.05, 0.1) is 0 Å². The Morgan fingerprint density at radius 3 is 2.74 bits per heavy atom. The monoisotopic (exact) mass is 263 g/mol. The average Bonchev–Trinajstić information content (AvgIpc) is 2.91. The van der Waals surface area contributed by atoms with Crippen LogP contribution in [0.15, 0.2) is 16.9 Å². The van der Waals surface area contributed by atoms with Gasteiger partial charge < -0.3 is 15.3 Å². The van der Waals surface area contributed by atoms with Crippen molar-refractivity contribution < 1.29 is 4.52 Å². The van der Waals surface area contributed by atoms with Crippen molar-refractivity contribution in [2.75, 3.05) is 17.3 Å². The zero-order valence-electron chi connectivity index (χ0n) is 10.9. The van der Waals surface area contributed by atoms with E-state index in [0.717, 1.165) is 5.82 Å². The maximum absolute atomic E-state index is 5.39. The largest absolute Gasteiger partial charge is 0.369 e. The van der Waals surface area contributed by atoms with Crippen LogP contribution in [0.2, 0.25) is 0 Å². The number of hydrogen-bond acceptors (Lipinski definition) is 8. The highest BCUT2D eigenvalue weighted by Gasteiger charge is 2.07. The van der Waals surface area contributed by atoms with Crippen molar-refractivity contribution in [1.82, 2.24) is 20.1 Å². The minimum atomic E-state index is 0.227. The third-order valence-corrected chi connectivity index (χ3v) is 2.46. The summed E-state index contributed by atoms with van der Waals surface area (Å²) in [6.07, 6.45) is 2.01. The number of anilines is 2. The van der Waals surface area contributed by atoms with Crippen LogP contribution in [0.5, 0.6) is 0 Å². The van der Waals surface area contributed by atoms with Crippen LogP contribution >= 0.6 is 0 Å². The lowest BCUT2D eigenvalue weighted by Gasteiger charge is -2.10. The predicted octanol–water partition coefficient (Wildman–Crippen LogP) is 0.923. The Morgan fingerprint density at radius 2 is 2.11 bits per heavy atom. The summed E-state index contributed by atoms with van der Waals surface area (Å²) in [7, 11) is 0. The molecule has 2 aromatic rings. The fourth-order valence-electron chi connectivity index (χ4n) is 1.49. The molecule has 0 amide bonds. The van der Waals surface area contributed by atoms with Gasteiger partial charge in [-0.2, -0.15) is 4.98 Å². The van der Waals surface area contributed by atoms with E-state index in [4.69, 9.17) is 10.4 Å². The van der Waals surface area contributed by atoms with Gasteiger partial charge in [0.25, 0.3) is 0 Å². The molecule has 8 nitrogen and oxygen atoms in total. The molecule has 2 heterocycles. The summed E-state index contributed by atoms with van der Waals surface area (Å²) < 4.78 is 4.91. The lowest BCUT2D eigenvalue weighted by molar-refractivity contribution is 0.379. The van der Waals surface area contributed by atoms with Gasteiger partial charge in [0.15, 0.2) is 6.33 Å². The lowest BCUT2D eigenvalue weighted by Crippen LogP contribution is -2.14. The van der Waals surface area contributed by atoms with Gasteiger partial charge in [-0.05, 0) is 0 Å². The summed E-state index contributed by atoms with van der Waals surface area (Å²) in [5.74, 6) is 8.23. The van der Waals surface area contributed by atoms with Gasteiger partial charge in [0, 0.05) is 24.9 Å². The maximum Gasteiger partial charge on any atom is 0.228 e. The van der Waals surface area contributed by atoms with Crippen LogP contribution in [0.1, 0.15) is 31.5 Å². The molecule has 0 aliphatic heterocycles. The molecule has 0 aliphatic carbocycles. The first-order valence-corrected chi connectivity index (χ1v) is 6.04. The maximum atomic E-state index is 5.39. The Kier molecular flexibility index (Phi) is 4.24. The fourth-order valence-corrected chi connectivity index (χ4v) is 1.49. The molecule has 2 rings (SSSR count). The third-order valence-electron chi connectivity index (χ3n) is 2.46. The molecular formula is C11H17N7O. The second kappa shape index (κ2) is 6.10. The number of nitrogens with one attached hydrogen (secondary N) is 2. The number of rotatable bonds is 6. The molecular weight excluding hydrogens is 246 g/mol. The van der Waals surface area contributed by atoms with Gasteiger partial charge in [-0.3, -0.25) is 0 Å². The minimum Gasteiger partial charge on any atom is -0.369 e. The molecule has 8 heteroatoms. The van der Waals surface area contributed by atoms with Crippen LogP contribution in [0.3, 0.4) is 0 Å². The molecule has 0 aromatic carbocycles. The summed E-state index contributed by atoms with van der Waals surface area (Å²) in [4.78, 5) is 12.6. The molecule has 102 valence electrons. The van der Waals surface area contributed by atoms with Gasteiger partial charge in [-0.25, -0.2) is 15.8 Å². The second-order valence-electron chi connectivity index (χ2n) is 4.31. The van der Waals surface area contributed by atoms with E-state index in [-0.39, 0.29) is 5.92 Å². The van der Waals surface area contributed by atoms with E-state index in [9.17, 15) is 0 Å². The zero-order valence-corrected chi connectivity index (χ0v) is 10.9. The van der Waals surface area contributed by atoms with Gasteiger partial charge in [-0.1, -0.05) is 19.0 Å². The molecule has 0 aliphatic rings. The number of aromatic nitrogens is 4. The van der Waals surface area contributed by atoms with E-state index in [1.54, 1.807) is 6.07 Å². The SMILES string of the molecule is CC(C)c1nc(NN)cc(NCCc2ncno2)n1. The first kappa shape index (κ1) is 13.2. The van der Waals surface area contributed by atoms with Crippen molar-refractivity contribution in [3.8, 4) is 0 Å². The summed E-state index contributed by atoms with van der Waals surface area (Å²) >= 11 is 0. The Labute approximate surface area is 110 Å². The van der Waals surface area contributed by atoms with Crippen molar-refractivity contribution in [3.05, 3.63) is 24.1 Å². The van der Waals surface area contributed by atoms with Gasteiger partial charge in [0.2, 0.25) is 5.89 Å². The fraction of sp³-hybridized carbons (Fsp3) is 0.455. The van der Waals surface area contributed by atoms with Crippen LogP contribution < -0.4 is 16.6 Å². The average molecular weight is 263 g/mol. The highest BCUT2D eigenvalue weighted by Crippen LogP contribution is 2.16. The van der Waals surface area contributed by atoms with Crippen LogP contribution in [-0.2, 0) is 6.42 Å². The molecule has 0 spiro atoms. The van der Waals surface area contributed by atoms with E-state index in [1.807, 2.05) is 13.8 Å². The first-order chi connectivity index (χ1) is 9.19. The van der Waals surface area contributed by atoms with Crippen LogP contribution in [0.25, 0.3) is 0 Å². The van der Waals surface area contributed by atoms with E-state index < -0.39 is 0 Å². The number of hydrazine groups is 1. The molecule has 0 atom stereocenters. The summed E-state index contributed by atoms with van der Waals surface area (Å²) in [5.41, 5.74) is 2.53. The molecule has 0 unspecified atom stereocenters. The van der Waals surface area contributed by atoms with Gasteiger partial charge in [-0.15, -0.1) is 0 Å². The molecule has 0 saturated carbocycles. The lowest BCUT2D eigenvalue weighted by atomic mass is 10.2. The van der Waals surface area contributed by atoms with E-state index in [0.29, 0.717) is 30.5 Å². The van der Waals surface area contributed by atoms with Crippen molar-refractivity contribution in [1.29, 1.82) is 0 Å². The highest BCUT2D eigenvalue weighted by molar-refractivity contribution is 5.47. The first-order valence-electron chi connectivity index (χ1n) is 6.04. The van der Waals surface area contributed by atoms with E-state index in [2.05, 4.69) is 30.9 Å². The molecule has 0 bridgehead atoms. The quantitative estimate of drug-likeness (QED) is 0.520. The van der Waals surface area contributed by atoms with Crippen molar-refractivity contribution in [3.63, 3.8) is 0 Å². The normalized spacial score (nSPS) is 10.7. The van der Waals surface area contributed by atoms with Crippen LogP contribution in [0.4, 0.5) is 11.6 Å². The predicted molar refractivity (Wildman–Crippen MR) is 70.4 cm³/mol. The molecule has 2 aromatic heterocycles. The molecule has 19 heavy (non-hydrogen) atoms.